The highest BCUT2D eigenvalue weighted by molar-refractivity contribution is 5.95. The molecular weight excluding hydrogens is 447 g/mol. The number of benzene rings is 2. The van der Waals surface area contributed by atoms with Crippen LogP contribution in [0.25, 0.3) is 0 Å². The summed E-state index contributed by atoms with van der Waals surface area (Å²) in [6.07, 6.45) is -1.26. The number of carbonyl (C=O) groups is 2. The van der Waals surface area contributed by atoms with Gasteiger partial charge in [0.1, 0.15) is 0 Å². The first-order valence-electron chi connectivity index (χ1n) is 11.5. The Morgan fingerprint density at radius 3 is 1.91 bits per heavy atom. The van der Waals surface area contributed by atoms with Gasteiger partial charge < -0.3 is 15.1 Å². The summed E-state index contributed by atoms with van der Waals surface area (Å²) in [4.78, 5) is 27.4. The van der Waals surface area contributed by atoms with Crippen molar-refractivity contribution in [3.8, 4) is 0 Å². The number of carboxylic acid groups (broad SMARTS) is 1. The summed E-state index contributed by atoms with van der Waals surface area (Å²) in [5, 5.41) is 19.9. The number of aliphatic hydroxyl groups is 1. The Kier molecular flexibility index (Phi) is 6.23. The number of hydrogen-bond donors (Lipinski definition) is 2. The van der Waals surface area contributed by atoms with E-state index in [2.05, 4.69) is 0 Å². The first-order chi connectivity index (χ1) is 16.0. The van der Waals surface area contributed by atoms with E-state index in [1.165, 1.54) is 12.1 Å². The van der Waals surface area contributed by atoms with Crippen molar-refractivity contribution in [2.45, 2.75) is 74.7 Å². The fourth-order valence-electron chi connectivity index (χ4n) is 4.99. The molecule has 4 rings (SSSR count). The van der Waals surface area contributed by atoms with Crippen molar-refractivity contribution in [1.82, 2.24) is 4.90 Å². The van der Waals surface area contributed by atoms with Gasteiger partial charge in [-0.05, 0) is 68.7 Å². The number of aliphatic carboxylic acids is 1. The molecule has 0 aliphatic heterocycles. The number of hydrogen-bond acceptors (Lipinski definition) is 3. The smallest absolute Gasteiger partial charge is 0.421 e. The maximum atomic E-state index is 13.4. The first kappa shape index (κ1) is 24.3. The first-order valence-corrected chi connectivity index (χ1v) is 11.5. The number of amides is 1. The van der Waals surface area contributed by atoms with Gasteiger partial charge in [-0.15, -0.1) is 0 Å². The zero-order chi connectivity index (χ0) is 24.7. The molecule has 8 heteroatoms. The second-order valence-electron chi connectivity index (χ2n) is 9.58. The molecule has 2 aromatic carbocycles. The largest absolute Gasteiger partial charge is 0.481 e. The molecule has 1 atom stereocenters. The molecule has 5 nitrogen and oxygen atoms in total. The van der Waals surface area contributed by atoms with Crippen molar-refractivity contribution < 1.29 is 33.0 Å². The van der Waals surface area contributed by atoms with Gasteiger partial charge in [-0.25, -0.2) is 0 Å². The molecule has 0 unspecified atom stereocenters. The number of carbonyl (C=O) groups excluding carboxylic acids is 1. The van der Waals surface area contributed by atoms with Crippen LogP contribution in [0.1, 0.15) is 66.9 Å². The van der Waals surface area contributed by atoms with E-state index in [4.69, 9.17) is 0 Å². The van der Waals surface area contributed by atoms with Crippen LogP contribution in [0.3, 0.4) is 0 Å². The minimum absolute atomic E-state index is 0.0597. The van der Waals surface area contributed by atoms with E-state index in [-0.39, 0.29) is 29.1 Å². The summed E-state index contributed by atoms with van der Waals surface area (Å²) in [6.45, 7) is 0.684. The Morgan fingerprint density at radius 2 is 1.44 bits per heavy atom. The fraction of sp³-hybridized carbons (Fsp3) is 0.462. The molecule has 2 saturated carbocycles. The van der Waals surface area contributed by atoms with E-state index in [0.29, 0.717) is 32.6 Å². The van der Waals surface area contributed by atoms with Crippen LogP contribution >= 0.6 is 0 Å². The maximum absolute atomic E-state index is 13.4. The highest BCUT2D eigenvalue weighted by atomic mass is 19.4. The van der Waals surface area contributed by atoms with Gasteiger partial charge >= 0.3 is 12.1 Å². The topological polar surface area (TPSA) is 77.8 Å². The molecule has 2 aliphatic carbocycles. The normalized spacial score (nSPS) is 24.8. The molecule has 182 valence electrons. The monoisotopic (exact) mass is 475 g/mol. The minimum Gasteiger partial charge on any atom is -0.481 e. The Hall–Kier alpha value is -2.87. The molecule has 0 radical (unpaired) electrons. The van der Waals surface area contributed by atoms with Crippen LogP contribution in [0, 0.1) is 0 Å². The van der Waals surface area contributed by atoms with Gasteiger partial charge in [0, 0.05) is 17.6 Å². The molecular formula is C26H28F3NO4. The summed E-state index contributed by atoms with van der Waals surface area (Å²) in [5.74, 6) is -1.14. The highest BCUT2D eigenvalue weighted by Crippen LogP contribution is 2.44. The van der Waals surface area contributed by atoms with E-state index < -0.39 is 23.2 Å². The average molecular weight is 476 g/mol. The van der Waals surface area contributed by atoms with Crippen LogP contribution < -0.4 is 0 Å². The molecule has 0 spiro atoms. The van der Waals surface area contributed by atoms with Gasteiger partial charge in [-0.2, -0.15) is 13.2 Å². The van der Waals surface area contributed by atoms with Crippen LogP contribution in [0.2, 0.25) is 0 Å². The Labute approximate surface area is 196 Å². The third kappa shape index (κ3) is 4.31. The molecule has 0 bridgehead atoms. The SMILES string of the molecule is C[C@](O)(c1ccc(C(=O)N(C2CC2)C2CCC(C(=O)O)(c3ccccc3)CC2)cc1)C(F)(F)F. The third-order valence-electron chi connectivity index (χ3n) is 7.36. The molecule has 0 aromatic heterocycles. The highest BCUT2D eigenvalue weighted by Gasteiger charge is 2.51. The molecule has 0 heterocycles. The number of halogens is 3. The van der Waals surface area contributed by atoms with Gasteiger partial charge in [0.15, 0.2) is 5.60 Å². The predicted molar refractivity (Wildman–Crippen MR) is 119 cm³/mol. The summed E-state index contributed by atoms with van der Waals surface area (Å²) in [7, 11) is 0. The van der Waals surface area contributed by atoms with Gasteiger partial charge in [0.05, 0.1) is 5.41 Å². The van der Waals surface area contributed by atoms with Crippen molar-refractivity contribution in [1.29, 1.82) is 0 Å². The molecule has 2 aromatic rings. The summed E-state index contributed by atoms with van der Waals surface area (Å²) in [5.41, 5.74) is -3.31. The van der Waals surface area contributed by atoms with Crippen LogP contribution in [0.4, 0.5) is 13.2 Å². The molecule has 2 fully saturated rings. The quantitative estimate of drug-likeness (QED) is 0.615. The van der Waals surface area contributed by atoms with Crippen LogP contribution in [-0.2, 0) is 15.8 Å². The maximum Gasteiger partial charge on any atom is 0.421 e. The molecule has 1 amide bonds. The summed E-state index contributed by atoms with van der Waals surface area (Å²) < 4.78 is 39.4. The van der Waals surface area contributed by atoms with E-state index in [0.717, 1.165) is 30.5 Å². The number of nitrogens with zero attached hydrogens (tertiary/aromatic N) is 1. The second-order valence-corrected chi connectivity index (χ2v) is 9.58. The van der Waals surface area contributed by atoms with E-state index in [1.807, 2.05) is 30.3 Å². The number of alkyl halides is 3. The lowest BCUT2D eigenvalue weighted by Gasteiger charge is -2.42. The van der Waals surface area contributed by atoms with Crippen molar-refractivity contribution >= 4 is 11.9 Å². The molecule has 0 saturated heterocycles. The lowest BCUT2D eigenvalue weighted by molar-refractivity contribution is -0.258. The standard InChI is InChI=1S/C26H28F3NO4/c1-24(34,26(27,28)29)18-9-7-17(8-10-18)22(31)30(20-11-12-20)21-13-15-25(16-14-21,23(32)33)19-5-3-2-4-6-19/h2-10,20-21,34H,11-16H2,1H3,(H,32,33)/t21?,24-,25?/m0/s1. The van der Waals surface area contributed by atoms with Crippen molar-refractivity contribution in [3.05, 3.63) is 71.3 Å². The van der Waals surface area contributed by atoms with Gasteiger partial charge in [0.25, 0.3) is 5.91 Å². The molecule has 2 N–H and O–H groups in total. The van der Waals surface area contributed by atoms with Gasteiger partial charge in [0.2, 0.25) is 0 Å². The second kappa shape index (κ2) is 8.73. The molecule has 34 heavy (non-hydrogen) atoms. The lowest BCUT2D eigenvalue weighted by Crippen LogP contribution is -2.48. The zero-order valence-electron chi connectivity index (χ0n) is 18.9. The number of rotatable bonds is 6. The zero-order valence-corrected chi connectivity index (χ0v) is 18.9. The lowest BCUT2D eigenvalue weighted by atomic mass is 9.68. The summed E-state index contributed by atoms with van der Waals surface area (Å²) in [6, 6.07) is 14.0. The Bertz CT molecular complexity index is 1040. The summed E-state index contributed by atoms with van der Waals surface area (Å²) >= 11 is 0. The van der Waals surface area contributed by atoms with Crippen molar-refractivity contribution in [3.63, 3.8) is 0 Å². The van der Waals surface area contributed by atoms with Crippen molar-refractivity contribution in [2.24, 2.45) is 0 Å². The van der Waals surface area contributed by atoms with Crippen LogP contribution in [0.5, 0.6) is 0 Å². The molecule has 2 aliphatic rings. The van der Waals surface area contributed by atoms with Gasteiger partial charge in [-0.1, -0.05) is 42.5 Å². The average Bonchev–Trinajstić information content (AvgIpc) is 3.64. The Balaban J connectivity index is 1.53. The third-order valence-corrected chi connectivity index (χ3v) is 7.36. The van der Waals surface area contributed by atoms with Crippen molar-refractivity contribution in [2.75, 3.05) is 0 Å². The van der Waals surface area contributed by atoms with Crippen LogP contribution in [0.15, 0.2) is 54.6 Å². The Morgan fingerprint density at radius 1 is 0.912 bits per heavy atom. The van der Waals surface area contributed by atoms with Crippen LogP contribution in [-0.4, -0.2) is 45.2 Å². The van der Waals surface area contributed by atoms with E-state index >= 15 is 0 Å². The minimum atomic E-state index is -4.84. The van der Waals surface area contributed by atoms with E-state index in [1.54, 1.807) is 4.90 Å². The van der Waals surface area contributed by atoms with E-state index in [9.17, 15) is 33.0 Å². The fourth-order valence-corrected chi connectivity index (χ4v) is 4.99. The predicted octanol–water partition coefficient (Wildman–Crippen LogP) is 5.03. The number of carboxylic acids is 1. The van der Waals surface area contributed by atoms with Gasteiger partial charge in [-0.3, -0.25) is 9.59 Å².